The molecule has 0 saturated heterocycles. The van der Waals surface area contributed by atoms with E-state index in [4.69, 9.17) is 31.3 Å². The van der Waals surface area contributed by atoms with Crippen LogP contribution in [0, 0.1) is 0 Å². The molecule has 12 heteroatoms. The molecule has 3 aromatic rings. The van der Waals surface area contributed by atoms with Crippen LogP contribution in [-0.4, -0.2) is 50.4 Å². The maximum atomic E-state index is 12.6. The van der Waals surface area contributed by atoms with Gasteiger partial charge in [-0.15, -0.1) is 0 Å². The third kappa shape index (κ3) is 9.78. The van der Waals surface area contributed by atoms with Crippen LogP contribution in [0.5, 0.6) is 5.75 Å². The van der Waals surface area contributed by atoms with Gasteiger partial charge in [-0.05, 0) is 54.1 Å². The monoisotopic (exact) mass is 612 g/mol. The number of carboxylic acid groups (broad SMARTS) is 1. The predicted molar refractivity (Wildman–Crippen MR) is 145 cm³/mol. The highest BCUT2D eigenvalue weighted by molar-refractivity contribution is 9.10. The third-order valence-electron chi connectivity index (χ3n) is 4.85. The van der Waals surface area contributed by atoms with Crippen LogP contribution >= 0.6 is 27.5 Å². The summed E-state index contributed by atoms with van der Waals surface area (Å²) < 4.78 is 30.2. The van der Waals surface area contributed by atoms with E-state index in [2.05, 4.69) is 26.6 Å². The summed E-state index contributed by atoms with van der Waals surface area (Å²) in [5.41, 5.74) is 2.58. The van der Waals surface area contributed by atoms with E-state index in [0.717, 1.165) is 27.6 Å². The molecule has 0 heterocycles. The fourth-order valence-electron chi connectivity index (χ4n) is 3.06. The number of ether oxygens (including phenoxy) is 1. The molecule has 0 unspecified atom stereocenters. The number of rotatable bonds is 10. The van der Waals surface area contributed by atoms with E-state index in [0.29, 0.717) is 30.9 Å². The molecule has 37 heavy (non-hydrogen) atoms. The summed E-state index contributed by atoms with van der Waals surface area (Å²) in [4.78, 5) is 21.0. The van der Waals surface area contributed by atoms with Crippen molar-refractivity contribution in [1.82, 2.24) is 5.32 Å². The molecule has 9 nitrogen and oxygen atoms in total. The van der Waals surface area contributed by atoms with Crippen LogP contribution in [0.2, 0.25) is 5.02 Å². The van der Waals surface area contributed by atoms with Gasteiger partial charge in [0.15, 0.2) is 9.84 Å². The van der Waals surface area contributed by atoms with Crippen LogP contribution in [0.1, 0.15) is 21.5 Å². The number of halogens is 2. The topological polar surface area (TPSA) is 142 Å². The number of sulfone groups is 1. The zero-order valence-corrected chi connectivity index (χ0v) is 22.9. The van der Waals surface area contributed by atoms with Crippen LogP contribution in [0.15, 0.2) is 70.0 Å². The molecule has 3 aromatic carbocycles. The average Bonchev–Trinajstić information content (AvgIpc) is 2.85. The van der Waals surface area contributed by atoms with E-state index in [1.54, 1.807) is 24.3 Å². The van der Waals surface area contributed by atoms with Crippen LogP contribution in [0.25, 0.3) is 0 Å². The molecule has 4 N–H and O–H groups in total. The van der Waals surface area contributed by atoms with E-state index in [9.17, 15) is 13.2 Å². The third-order valence-corrected chi connectivity index (χ3v) is 6.77. The highest BCUT2D eigenvalue weighted by Crippen LogP contribution is 2.26. The Morgan fingerprint density at radius 2 is 1.78 bits per heavy atom. The molecule has 0 bridgehead atoms. The second kappa shape index (κ2) is 14.7. The van der Waals surface area contributed by atoms with Gasteiger partial charge in [-0.1, -0.05) is 39.7 Å². The molecule has 0 aromatic heterocycles. The summed E-state index contributed by atoms with van der Waals surface area (Å²) in [6.45, 7) is 1.17. The lowest BCUT2D eigenvalue weighted by molar-refractivity contribution is -0.122. The number of carbonyl (C=O) groups is 2. The Kier molecular flexibility index (Phi) is 12.0. The summed E-state index contributed by atoms with van der Waals surface area (Å²) in [5.74, 6) is 0.356. The SMILES string of the molecule is CS(=O)(=O)c1ccc(NC(=O)c2ccc(COc3ccc(Br)cc3CNCCO)cc2)c(Cl)c1.O=CO. The first-order valence-electron chi connectivity index (χ1n) is 10.8. The number of aliphatic hydroxyl groups excluding tert-OH is 1. The first-order chi connectivity index (χ1) is 17.6. The van der Waals surface area contributed by atoms with E-state index in [1.165, 1.54) is 18.2 Å². The predicted octanol–water partition coefficient (Wildman–Crippen LogP) is 4.12. The van der Waals surface area contributed by atoms with E-state index in [-0.39, 0.29) is 28.9 Å². The Morgan fingerprint density at radius 1 is 1.11 bits per heavy atom. The normalized spacial score (nSPS) is 10.7. The molecule has 0 aliphatic heterocycles. The van der Waals surface area contributed by atoms with Gasteiger partial charge in [0, 0.05) is 34.9 Å². The Balaban J connectivity index is 0.00000153. The van der Waals surface area contributed by atoms with Gasteiger partial charge in [-0.2, -0.15) is 0 Å². The van der Waals surface area contributed by atoms with Gasteiger partial charge in [0.05, 0.1) is 22.2 Å². The van der Waals surface area contributed by atoms with E-state index in [1.807, 2.05) is 18.2 Å². The van der Waals surface area contributed by atoms with Crippen molar-refractivity contribution in [2.24, 2.45) is 0 Å². The summed E-state index contributed by atoms with van der Waals surface area (Å²) in [7, 11) is -3.39. The zero-order valence-electron chi connectivity index (χ0n) is 19.8. The molecular weight excluding hydrogens is 588 g/mol. The number of hydrogen-bond acceptors (Lipinski definition) is 7. The van der Waals surface area contributed by atoms with Crippen LogP contribution in [0.3, 0.4) is 0 Å². The number of aliphatic hydroxyl groups is 1. The second-order valence-corrected chi connectivity index (χ2v) is 10.9. The van der Waals surface area contributed by atoms with Crippen LogP contribution in [0.4, 0.5) is 5.69 Å². The molecule has 0 spiro atoms. The number of nitrogens with one attached hydrogen (secondary N) is 2. The fraction of sp³-hybridized carbons (Fsp3) is 0.200. The molecule has 3 rings (SSSR count). The van der Waals surface area contributed by atoms with Crippen molar-refractivity contribution < 1.29 is 33.0 Å². The Bertz CT molecular complexity index is 1320. The fourth-order valence-corrected chi connectivity index (χ4v) is 4.41. The number of carbonyl (C=O) groups excluding carboxylic acids is 1. The van der Waals surface area contributed by atoms with Gasteiger partial charge in [0.1, 0.15) is 12.4 Å². The first-order valence-corrected chi connectivity index (χ1v) is 13.9. The molecular formula is C25H26BrClN2O7S. The van der Waals surface area contributed by atoms with Crippen molar-refractivity contribution in [3.05, 3.63) is 86.8 Å². The highest BCUT2D eigenvalue weighted by atomic mass is 79.9. The smallest absolute Gasteiger partial charge is 0.290 e. The zero-order chi connectivity index (χ0) is 27.4. The van der Waals surface area contributed by atoms with E-state index >= 15 is 0 Å². The molecule has 0 fully saturated rings. The summed E-state index contributed by atoms with van der Waals surface area (Å²) in [6.07, 6.45) is 1.09. The minimum Gasteiger partial charge on any atom is -0.489 e. The van der Waals surface area contributed by atoms with Gasteiger partial charge < -0.3 is 25.6 Å². The van der Waals surface area contributed by atoms with Crippen molar-refractivity contribution >= 4 is 55.4 Å². The molecule has 1 amide bonds. The highest BCUT2D eigenvalue weighted by Gasteiger charge is 2.13. The number of anilines is 1. The number of amides is 1. The standard InChI is InChI=1S/C24H24BrClN2O5S.CH2O2/c1-34(31,32)20-7-8-22(21(26)13-20)28-24(30)17-4-2-16(3-5-17)15-33-23-9-6-19(25)12-18(23)14-27-10-11-29;2-1-3/h2-9,12-13,27,29H,10-11,14-15H2,1H3,(H,28,30);1H,(H,2,3). The number of hydrogen-bond donors (Lipinski definition) is 4. The maximum absolute atomic E-state index is 12.6. The van der Waals surface area contributed by atoms with Gasteiger partial charge in [0.2, 0.25) is 0 Å². The lowest BCUT2D eigenvalue weighted by Crippen LogP contribution is -2.18. The van der Waals surface area contributed by atoms with Crippen molar-refractivity contribution in [2.75, 3.05) is 24.7 Å². The second-order valence-electron chi connectivity index (χ2n) is 7.61. The molecule has 0 atom stereocenters. The minimum absolute atomic E-state index is 0.0578. The summed E-state index contributed by atoms with van der Waals surface area (Å²) in [6, 6.07) is 16.8. The Labute approximate surface area is 228 Å². The van der Waals surface area contributed by atoms with Crippen molar-refractivity contribution in [3.63, 3.8) is 0 Å². The van der Waals surface area contributed by atoms with Gasteiger partial charge >= 0.3 is 0 Å². The summed E-state index contributed by atoms with van der Waals surface area (Å²) >= 11 is 9.60. The Morgan fingerprint density at radius 3 is 2.38 bits per heavy atom. The van der Waals surface area contributed by atoms with Crippen LogP contribution < -0.4 is 15.4 Å². The van der Waals surface area contributed by atoms with Gasteiger partial charge in [-0.25, -0.2) is 8.42 Å². The van der Waals surface area contributed by atoms with Crippen LogP contribution in [-0.2, 0) is 27.8 Å². The first kappa shape index (κ1) is 30.3. The lowest BCUT2D eigenvalue weighted by atomic mass is 10.1. The molecule has 0 radical (unpaired) electrons. The average molecular weight is 614 g/mol. The lowest BCUT2D eigenvalue weighted by Gasteiger charge is -2.13. The summed E-state index contributed by atoms with van der Waals surface area (Å²) in [5, 5.41) is 21.8. The van der Waals surface area contributed by atoms with Gasteiger partial charge in [-0.3, -0.25) is 9.59 Å². The molecule has 0 saturated carbocycles. The minimum atomic E-state index is -3.39. The molecule has 0 aliphatic rings. The van der Waals surface area contributed by atoms with Gasteiger partial charge in [0.25, 0.3) is 12.4 Å². The van der Waals surface area contributed by atoms with Crippen molar-refractivity contribution in [3.8, 4) is 5.75 Å². The molecule has 198 valence electrons. The van der Waals surface area contributed by atoms with E-state index < -0.39 is 9.84 Å². The maximum Gasteiger partial charge on any atom is 0.290 e. The van der Waals surface area contributed by atoms with Crippen molar-refractivity contribution in [2.45, 2.75) is 18.0 Å². The Hall–Kier alpha value is -2.96. The number of benzene rings is 3. The largest absolute Gasteiger partial charge is 0.489 e. The molecule has 0 aliphatic carbocycles. The van der Waals surface area contributed by atoms with Crippen molar-refractivity contribution in [1.29, 1.82) is 0 Å². The quantitative estimate of drug-likeness (QED) is 0.198.